The van der Waals surface area contributed by atoms with E-state index >= 15 is 0 Å². The molecule has 0 spiro atoms. The van der Waals surface area contributed by atoms with Crippen molar-refractivity contribution in [2.24, 2.45) is 0 Å². The number of para-hydroxylation sites is 1. The molecular formula is C12H13N3O3. The first kappa shape index (κ1) is 12.3. The lowest BCUT2D eigenvalue weighted by molar-refractivity contribution is -0.384. The number of hydrogen-bond acceptors (Lipinski definition) is 5. The Labute approximate surface area is 104 Å². The zero-order valence-electron chi connectivity index (χ0n) is 9.74. The van der Waals surface area contributed by atoms with E-state index in [1.807, 2.05) is 6.07 Å². The van der Waals surface area contributed by atoms with Crippen LogP contribution in [-0.2, 0) is 0 Å². The lowest BCUT2D eigenvalue weighted by Crippen LogP contribution is -2.38. The van der Waals surface area contributed by atoms with Crippen molar-refractivity contribution in [1.82, 2.24) is 0 Å². The molecular weight excluding hydrogens is 234 g/mol. The average Bonchev–Trinajstić information content (AvgIpc) is 2.37. The van der Waals surface area contributed by atoms with Gasteiger partial charge in [-0.3, -0.25) is 10.1 Å². The standard InChI is InChI=1S/C12H13N3O3/c13-7-9-3-1-5-11(12(9)15(17)18)14-6-2-4-10(16)8-14/h1,3,5,10,16H,2,4,6,8H2. The molecule has 0 saturated carbocycles. The van der Waals surface area contributed by atoms with E-state index in [4.69, 9.17) is 5.26 Å². The van der Waals surface area contributed by atoms with Crippen LogP contribution in [0.2, 0.25) is 0 Å². The molecule has 1 saturated heterocycles. The predicted octanol–water partition coefficient (Wildman–Crippen LogP) is 1.43. The first-order valence-corrected chi connectivity index (χ1v) is 5.74. The van der Waals surface area contributed by atoms with Crippen LogP contribution in [0, 0.1) is 21.4 Å². The molecule has 1 unspecified atom stereocenters. The number of nitro benzene ring substituents is 1. The molecule has 1 aromatic carbocycles. The maximum Gasteiger partial charge on any atom is 0.310 e. The summed E-state index contributed by atoms with van der Waals surface area (Å²) >= 11 is 0. The first-order valence-electron chi connectivity index (χ1n) is 5.74. The van der Waals surface area contributed by atoms with Crippen LogP contribution in [0.25, 0.3) is 0 Å². The van der Waals surface area contributed by atoms with Crippen molar-refractivity contribution < 1.29 is 10.0 Å². The van der Waals surface area contributed by atoms with Crippen molar-refractivity contribution in [3.05, 3.63) is 33.9 Å². The van der Waals surface area contributed by atoms with E-state index in [2.05, 4.69) is 0 Å². The minimum Gasteiger partial charge on any atom is -0.391 e. The zero-order valence-corrected chi connectivity index (χ0v) is 9.74. The first-order chi connectivity index (χ1) is 8.63. The van der Waals surface area contributed by atoms with Gasteiger partial charge in [0.15, 0.2) is 0 Å². The van der Waals surface area contributed by atoms with Gasteiger partial charge in [-0.15, -0.1) is 0 Å². The second-order valence-electron chi connectivity index (χ2n) is 4.28. The molecule has 2 rings (SSSR count). The fourth-order valence-corrected chi connectivity index (χ4v) is 2.24. The Bertz CT molecular complexity index is 510. The number of aliphatic hydroxyl groups is 1. The Balaban J connectivity index is 2.44. The molecule has 1 aliphatic rings. The number of β-amino-alcohol motifs (C(OH)–C–C–N with tert-alkyl or cyclic N) is 1. The van der Waals surface area contributed by atoms with Gasteiger partial charge in [-0.1, -0.05) is 6.07 Å². The van der Waals surface area contributed by atoms with E-state index in [0.29, 0.717) is 25.2 Å². The van der Waals surface area contributed by atoms with Crippen LogP contribution < -0.4 is 4.90 Å². The summed E-state index contributed by atoms with van der Waals surface area (Å²) in [5.41, 5.74) is 0.296. The van der Waals surface area contributed by atoms with Crippen LogP contribution in [0.1, 0.15) is 18.4 Å². The van der Waals surface area contributed by atoms with Gasteiger partial charge in [0.25, 0.3) is 0 Å². The van der Waals surface area contributed by atoms with E-state index in [-0.39, 0.29) is 11.3 Å². The highest BCUT2D eigenvalue weighted by atomic mass is 16.6. The summed E-state index contributed by atoms with van der Waals surface area (Å²) in [5, 5.41) is 29.6. The fourth-order valence-electron chi connectivity index (χ4n) is 2.24. The van der Waals surface area contributed by atoms with Crippen molar-refractivity contribution in [1.29, 1.82) is 5.26 Å². The van der Waals surface area contributed by atoms with Crippen LogP contribution in [0.15, 0.2) is 18.2 Å². The molecule has 0 amide bonds. The predicted molar refractivity (Wildman–Crippen MR) is 65.3 cm³/mol. The molecule has 1 atom stereocenters. The molecule has 0 radical (unpaired) electrons. The highest BCUT2D eigenvalue weighted by Gasteiger charge is 2.26. The molecule has 1 aromatic rings. The van der Waals surface area contributed by atoms with Crippen LogP contribution in [0.5, 0.6) is 0 Å². The van der Waals surface area contributed by atoms with Crippen LogP contribution in [0.3, 0.4) is 0 Å². The largest absolute Gasteiger partial charge is 0.391 e. The Morgan fingerprint density at radius 1 is 1.56 bits per heavy atom. The van der Waals surface area contributed by atoms with Gasteiger partial charge < -0.3 is 10.0 Å². The quantitative estimate of drug-likeness (QED) is 0.630. The molecule has 1 aliphatic heterocycles. The molecule has 1 N–H and O–H groups in total. The third-order valence-electron chi connectivity index (χ3n) is 3.05. The highest BCUT2D eigenvalue weighted by molar-refractivity contribution is 5.70. The summed E-state index contributed by atoms with van der Waals surface area (Å²) in [6, 6.07) is 6.52. The van der Waals surface area contributed by atoms with E-state index in [0.717, 1.165) is 6.42 Å². The lowest BCUT2D eigenvalue weighted by Gasteiger charge is -2.31. The van der Waals surface area contributed by atoms with Gasteiger partial charge in [-0.25, -0.2) is 0 Å². The highest BCUT2D eigenvalue weighted by Crippen LogP contribution is 2.32. The van der Waals surface area contributed by atoms with Gasteiger partial charge in [0.1, 0.15) is 17.3 Å². The minimum atomic E-state index is -0.533. The van der Waals surface area contributed by atoms with Gasteiger partial charge in [0.05, 0.1) is 11.0 Å². The maximum atomic E-state index is 11.1. The van der Waals surface area contributed by atoms with Crippen molar-refractivity contribution >= 4 is 11.4 Å². The fraction of sp³-hybridized carbons (Fsp3) is 0.417. The van der Waals surface area contributed by atoms with Gasteiger partial charge in [0.2, 0.25) is 0 Å². The Kier molecular flexibility index (Phi) is 3.44. The second kappa shape index (κ2) is 5.02. The summed E-state index contributed by atoms with van der Waals surface area (Å²) in [4.78, 5) is 12.3. The number of piperidine rings is 1. The molecule has 0 aliphatic carbocycles. The molecule has 6 heteroatoms. The van der Waals surface area contributed by atoms with Gasteiger partial charge in [-0.05, 0) is 25.0 Å². The van der Waals surface area contributed by atoms with Crippen molar-refractivity contribution in [3.63, 3.8) is 0 Å². The number of rotatable bonds is 2. The Morgan fingerprint density at radius 2 is 2.33 bits per heavy atom. The molecule has 1 heterocycles. The zero-order chi connectivity index (χ0) is 13.1. The minimum absolute atomic E-state index is 0.0533. The lowest BCUT2D eigenvalue weighted by atomic mass is 10.1. The number of anilines is 1. The molecule has 18 heavy (non-hydrogen) atoms. The number of nitrogens with zero attached hydrogens (tertiary/aromatic N) is 3. The van der Waals surface area contributed by atoms with Crippen LogP contribution in [0.4, 0.5) is 11.4 Å². The SMILES string of the molecule is N#Cc1cccc(N2CCCC(O)C2)c1[N+](=O)[O-]. The van der Waals surface area contributed by atoms with Gasteiger partial charge in [0, 0.05) is 13.1 Å². The van der Waals surface area contributed by atoms with Crippen molar-refractivity contribution in [2.75, 3.05) is 18.0 Å². The molecule has 94 valence electrons. The average molecular weight is 247 g/mol. The van der Waals surface area contributed by atoms with E-state index < -0.39 is 11.0 Å². The summed E-state index contributed by atoms with van der Waals surface area (Å²) in [7, 11) is 0. The number of aliphatic hydroxyl groups excluding tert-OH is 1. The second-order valence-corrected chi connectivity index (χ2v) is 4.28. The third kappa shape index (κ3) is 2.26. The Hall–Kier alpha value is -2.13. The van der Waals surface area contributed by atoms with E-state index in [9.17, 15) is 15.2 Å². The topological polar surface area (TPSA) is 90.4 Å². The maximum absolute atomic E-state index is 11.1. The van der Waals surface area contributed by atoms with Gasteiger partial charge >= 0.3 is 5.69 Å². The summed E-state index contributed by atoms with van der Waals surface area (Å²) in [5.74, 6) is 0. The monoisotopic (exact) mass is 247 g/mol. The van der Waals surface area contributed by atoms with Gasteiger partial charge in [-0.2, -0.15) is 5.26 Å². The molecule has 1 fully saturated rings. The number of nitriles is 1. The van der Waals surface area contributed by atoms with Crippen LogP contribution >= 0.6 is 0 Å². The van der Waals surface area contributed by atoms with E-state index in [1.54, 1.807) is 17.0 Å². The molecule has 0 bridgehead atoms. The number of hydrogen-bond donors (Lipinski definition) is 1. The third-order valence-corrected chi connectivity index (χ3v) is 3.05. The molecule has 6 nitrogen and oxygen atoms in total. The normalized spacial score (nSPS) is 19.3. The number of benzene rings is 1. The van der Waals surface area contributed by atoms with Crippen molar-refractivity contribution in [2.45, 2.75) is 18.9 Å². The number of nitro groups is 1. The van der Waals surface area contributed by atoms with Crippen LogP contribution in [-0.4, -0.2) is 29.2 Å². The van der Waals surface area contributed by atoms with E-state index in [1.165, 1.54) is 6.07 Å². The summed E-state index contributed by atoms with van der Waals surface area (Å²) < 4.78 is 0. The molecule has 0 aromatic heterocycles. The van der Waals surface area contributed by atoms with Crippen molar-refractivity contribution in [3.8, 4) is 6.07 Å². The summed E-state index contributed by atoms with van der Waals surface area (Å²) in [6.07, 6.45) is 1.03. The Morgan fingerprint density at radius 3 is 2.94 bits per heavy atom. The summed E-state index contributed by atoms with van der Waals surface area (Å²) in [6.45, 7) is 1.03. The smallest absolute Gasteiger partial charge is 0.310 e.